The molecule has 25 heavy (non-hydrogen) atoms. The molecule has 0 aliphatic heterocycles. The van der Waals surface area contributed by atoms with Gasteiger partial charge in [-0.3, -0.25) is 4.79 Å². The zero-order chi connectivity index (χ0) is 18.4. The fourth-order valence-electron chi connectivity index (χ4n) is 2.59. The number of rotatable bonds is 7. The molecule has 0 radical (unpaired) electrons. The number of amides is 1. The summed E-state index contributed by atoms with van der Waals surface area (Å²) in [5, 5.41) is 3.65. The van der Waals surface area contributed by atoms with Gasteiger partial charge in [0.15, 0.2) is 6.10 Å². The van der Waals surface area contributed by atoms with Crippen LogP contribution < -0.4 is 10.1 Å². The molecule has 0 aliphatic rings. The number of hydrogen-bond donors (Lipinski definition) is 1. The van der Waals surface area contributed by atoms with Crippen LogP contribution in [-0.4, -0.2) is 18.6 Å². The van der Waals surface area contributed by atoms with Gasteiger partial charge in [0.25, 0.3) is 5.91 Å². The Kier molecular flexibility index (Phi) is 6.89. The quantitative estimate of drug-likeness (QED) is 0.763. The summed E-state index contributed by atoms with van der Waals surface area (Å²) >= 11 is 5.87. The Balaban J connectivity index is 1.90. The van der Waals surface area contributed by atoms with E-state index in [-0.39, 0.29) is 5.91 Å². The summed E-state index contributed by atoms with van der Waals surface area (Å²) in [4.78, 5) is 12.3. The molecule has 0 unspecified atom stereocenters. The monoisotopic (exact) mass is 359 g/mol. The van der Waals surface area contributed by atoms with E-state index in [0.29, 0.717) is 17.5 Å². The fraction of sp³-hybridized carbons (Fsp3) is 0.381. The smallest absolute Gasteiger partial charge is 0.260 e. The third kappa shape index (κ3) is 5.79. The highest BCUT2D eigenvalue weighted by Crippen LogP contribution is 2.28. The van der Waals surface area contributed by atoms with E-state index in [1.807, 2.05) is 37.3 Å². The molecule has 3 nitrogen and oxygen atoms in total. The average molecular weight is 360 g/mol. The molecule has 1 N–H and O–H groups in total. The molecule has 0 saturated heterocycles. The Morgan fingerprint density at radius 2 is 1.80 bits per heavy atom. The number of aryl methyl sites for hydroxylation is 1. The van der Waals surface area contributed by atoms with Crippen molar-refractivity contribution in [2.75, 3.05) is 6.54 Å². The maximum absolute atomic E-state index is 12.3. The molecule has 2 aromatic rings. The molecule has 0 heterocycles. The lowest BCUT2D eigenvalue weighted by Crippen LogP contribution is -2.37. The van der Waals surface area contributed by atoms with E-state index < -0.39 is 6.10 Å². The van der Waals surface area contributed by atoms with Gasteiger partial charge < -0.3 is 10.1 Å². The van der Waals surface area contributed by atoms with Gasteiger partial charge in [0.2, 0.25) is 0 Å². The summed E-state index contributed by atoms with van der Waals surface area (Å²) in [5.74, 6) is 1.02. The summed E-state index contributed by atoms with van der Waals surface area (Å²) in [6, 6.07) is 13.8. The number of halogens is 1. The lowest BCUT2D eigenvalue weighted by atomic mass is 10.0. The molecule has 0 spiro atoms. The van der Waals surface area contributed by atoms with E-state index in [4.69, 9.17) is 16.3 Å². The zero-order valence-electron chi connectivity index (χ0n) is 15.3. The van der Waals surface area contributed by atoms with Gasteiger partial charge in [0, 0.05) is 11.6 Å². The summed E-state index contributed by atoms with van der Waals surface area (Å²) in [6.07, 6.45) is 0.224. The molecule has 0 bridgehead atoms. The highest BCUT2D eigenvalue weighted by atomic mass is 35.5. The van der Waals surface area contributed by atoms with E-state index in [1.54, 1.807) is 6.92 Å². The van der Waals surface area contributed by atoms with Crippen molar-refractivity contribution in [1.29, 1.82) is 0 Å². The molecule has 0 aromatic heterocycles. The molecular weight excluding hydrogens is 334 g/mol. The molecule has 1 atom stereocenters. The number of ether oxygens (including phenoxy) is 1. The van der Waals surface area contributed by atoms with Crippen LogP contribution in [0.2, 0.25) is 5.02 Å². The summed E-state index contributed by atoms with van der Waals surface area (Å²) in [5.41, 5.74) is 3.38. The first-order valence-electron chi connectivity index (χ1n) is 8.66. The van der Waals surface area contributed by atoms with Gasteiger partial charge >= 0.3 is 0 Å². The predicted octanol–water partition coefficient (Wildman–Crippen LogP) is 4.90. The van der Waals surface area contributed by atoms with Gasteiger partial charge in [-0.1, -0.05) is 49.7 Å². The molecule has 2 rings (SSSR count). The van der Waals surface area contributed by atoms with E-state index in [0.717, 1.165) is 28.9 Å². The molecule has 134 valence electrons. The fourth-order valence-corrected chi connectivity index (χ4v) is 2.72. The Morgan fingerprint density at radius 1 is 1.12 bits per heavy atom. The molecule has 4 heteroatoms. The SMILES string of the molecule is Cc1ccc(C(C)C)c(O[C@@H](C)C(=O)NCCc2ccc(Cl)cc2)c1. The van der Waals surface area contributed by atoms with E-state index >= 15 is 0 Å². The first kappa shape index (κ1) is 19.3. The van der Waals surface area contributed by atoms with Crippen molar-refractivity contribution < 1.29 is 9.53 Å². The lowest BCUT2D eigenvalue weighted by molar-refractivity contribution is -0.127. The van der Waals surface area contributed by atoms with E-state index in [9.17, 15) is 4.79 Å². The maximum Gasteiger partial charge on any atom is 0.260 e. The molecule has 0 aliphatic carbocycles. The molecule has 1 amide bonds. The number of carbonyl (C=O) groups excluding carboxylic acids is 1. The van der Waals surface area contributed by atoms with E-state index in [2.05, 4.69) is 31.3 Å². The van der Waals surface area contributed by atoms with Gasteiger partial charge in [0.1, 0.15) is 5.75 Å². The number of benzene rings is 2. The zero-order valence-corrected chi connectivity index (χ0v) is 16.1. The molecule has 0 fully saturated rings. The Morgan fingerprint density at radius 3 is 2.44 bits per heavy atom. The van der Waals surface area contributed by atoms with Gasteiger partial charge in [-0.25, -0.2) is 0 Å². The first-order valence-corrected chi connectivity index (χ1v) is 9.04. The van der Waals surface area contributed by atoms with Crippen LogP contribution in [0.3, 0.4) is 0 Å². The minimum atomic E-state index is -0.537. The normalized spacial score (nSPS) is 12.1. The van der Waals surface area contributed by atoms with Crippen LogP contribution >= 0.6 is 11.6 Å². The Labute approximate surface area is 155 Å². The summed E-state index contributed by atoms with van der Waals surface area (Å²) in [6.45, 7) is 8.61. The topological polar surface area (TPSA) is 38.3 Å². The van der Waals surface area contributed by atoms with Crippen molar-refractivity contribution in [1.82, 2.24) is 5.32 Å². The second-order valence-corrected chi connectivity index (χ2v) is 7.06. The molecular formula is C21H26ClNO2. The predicted molar refractivity (Wildman–Crippen MR) is 104 cm³/mol. The van der Waals surface area contributed by atoms with Crippen molar-refractivity contribution in [2.24, 2.45) is 0 Å². The first-order chi connectivity index (χ1) is 11.9. The second kappa shape index (κ2) is 8.91. The van der Waals surface area contributed by atoms with Crippen LogP contribution in [0.5, 0.6) is 5.75 Å². The Bertz CT molecular complexity index is 710. The van der Waals surface area contributed by atoms with Crippen LogP contribution in [0.15, 0.2) is 42.5 Å². The highest BCUT2D eigenvalue weighted by Gasteiger charge is 2.17. The minimum absolute atomic E-state index is 0.106. The van der Waals surface area contributed by atoms with Gasteiger partial charge in [-0.15, -0.1) is 0 Å². The second-order valence-electron chi connectivity index (χ2n) is 6.62. The van der Waals surface area contributed by atoms with Crippen LogP contribution in [0.25, 0.3) is 0 Å². The third-order valence-electron chi connectivity index (χ3n) is 4.09. The summed E-state index contributed by atoms with van der Waals surface area (Å²) < 4.78 is 5.94. The molecule has 0 saturated carbocycles. The van der Waals surface area contributed by atoms with Crippen molar-refractivity contribution in [3.8, 4) is 5.75 Å². The van der Waals surface area contributed by atoms with Crippen LogP contribution in [0.1, 0.15) is 43.4 Å². The third-order valence-corrected chi connectivity index (χ3v) is 4.34. The van der Waals surface area contributed by atoms with Gasteiger partial charge in [0.05, 0.1) is 0 Å². The van der Waals surface area contributed by atoms with Crippen molar-refractivity contribution in [2.45, 2.75) is 46.1 Å². The summed E-state index contributed by atoms with van der Waals surface area (Å²) in [7, 11) is 0. The average Bonchev–Trinajstić information content (AvgIpc) is 2.56. The van der Waals surface area contributed by atoms with Crippen molar-refractivity contribution in [3.05, 3.63) is 64.2 Å². The lowest BCUT2D eigenvalue weighted by Gasteiger charge is -2.19. The largest absolute Gasteiger partial charge is 0.481 e. The standard InChI is InChI=1S/C21H26ClNO2/c1-14(2)19-10-5-15(3)13-20(19)25-16(4)21(24)23-12-11-17-6-8-18(22)9-7-17/h5-10,13-14,16H,11-12H2,1-4H3,(H,23,24)/t16-/m0/s1. The number of carbonyl (C=O) groups is 1. The maximum atomic E-state index is 12.3. The number of hydrogen-bond acceptors (Lipinski definition) is 2. The van der Waals surface area contributed by atoms with Crippen molar-refractivity contribution >= 4 is 17.5 Å². The van der Waals surface area contributed by atoms with Crippen LogP contribution in [-0.2, 0) is 11.2 Å². The Hall–Kier alpha value is -2.00. The minimum Gasteiger partial charge on any atom is -0.481 e. The van der Waals surface area contributed by atoms with Crippen LogP contribution in [0, 0.1) is 6.92 Å². The highest BCUT2D eigenvalue weighted by molar-refractivity contribution is 6.30. The van der Waals surface area contributed by atoms with Gasteiger partial charge in [-0.2, -0.15) is 0 Å². The molecule has 2 aromatic carbocycles. The van der Waals surface area contributed by atoms with E-state index in [1.165, 1.54) is 0 Å². The van der Waals surface area contributed by atoms with Crippen LogP contribution in [0.4, 0.5) is 0 Å². The van der Waals surface area contributed by atoms with Crippen molar-refractivity contribution in [3.63, 3.8) is 0 Å². The number of nitrogens with one attached hydrogen (secondary N) is 1. The van der Waals surface area contributed by atoms with Gasteiger partial charge in [-0.05, 0) is 61.1 Å².